The summed E-state index contributed by atoms with van der Waals surface area (Å²) < 4.78 is 60.7. The minimum atomic E-state index is -4.44. The van der Waals surface area contributed by atoms with E-state index in [4.69, 9.17) is 21.5 Å². The Kier molecular flexibility index (Phi) is 6.34. The summed E-state index contributed by atoms with van der Waals surface area (Å²) in [5.41, 5.74) is 1.39. The van der Waals surface area contributed by atoms with Crippen LogP contribution in [0.4, 0.5) is 8.78 Å². The van der Waals surface area contributed by atoms with Crippen LogP contribution in [0.3, 0.4) is 0 Å². The van der Waals surface area contributed by atoms with Crippen LogP contribution in [0.2, 0.25) is 5.02 Å². The number of hydrogen-bond acceptors (Lipinski definition) is 6. The monoisotopic (exact) mass is 447 g/mol. The van der Waals surface area contributed by atoms with E-state index in [1.54, 1.807) is 0 Å². The Hall–Kier alpha value is -2.31. The number of sulfonamides is 1. The second kappa shape index (κ2) is 8.59. The number of nitrogens with one attached hydrogen (secondary N) is 2. The van der Waals surface area contributed by atoms with Crippen molar-refractivity contribution in [3.8, 4) is 11.5 Å². The molecule has 1 heterocycles. The van der Waals surface area contributed by atoms with Gasteiger partial charge in [0.15, 0.2) is 17.4 Å². The molecule has 2 aromatic rings. The second-order valence-electron chi connectivity index (χ2n) is 6.08. The van der Waals surface area contributed by atoms with E-state index in [2.05, 4.69) is 5.32 Å². The molecule has 2 aromatic carbocycles. The molecule has 0 saturated carbocycles. The Balaban J connectivity index is 1.94. The number of amides is 1. The molecular formula is C17H16ClF2N3O5S. The van der Waals surface area contributed by atoms with Gasteiger partial charge in [0.1, 0.15) is 11.8 Å². The highest BCUT2D eigenvalue weighted by Gasteiger charge is 2.38. The normalized spacial score (nSPS) is 17.7. The third-order valence-electron chi connectivity index (χ3n) is 4.22. The van der Waals surface area contributed by atoms with Crippen LogP contribution in [-0.2, 0) is 14.8 Å². The van der Waals surface area contributed by atoms with Crippen LogP contribution in [-0.4, -0.2) is 49.5 Å². The molecule has 3 N–H and O–H groups in total. The van der Waals surface area contributed by atoms with Gasteiger partial charge in [0, 0.05) is 24.7 Å². The molecule has 1 aliphatic heterocycles. The zero-order valence-electron chi connectivity index (χ0n) is 14.7. The molecule has 1 saturated heterocycles. The van der Waals surface area contributed by atoms with E-state index in [0.717, 1.165) is 4.31 Å². The lowest BCUT2D eigenvalue weighted by molar-refractivity contribution is -0.133. The van der Waals surface area contributed by atoms with Crippen LogP contribution < -0.4 is 15.5 Å². The predicted octanol–water partition coefficient (Wildman–Crippen LogP) is 1.88. The Morgan fingerprint density at radius 3 is 2.45 bits per heavy atom. The number of halogens is 3. The first-order chi connectivity index (χ1) is 13.7. The third kappa shape index (κ3) is 4.49. The van der Waals surface area contributed by atoms with Crippen molar-refractivity contribution in [3.05, 3.63) is 53.1 Å². The molecule has 29 heavy (non-hydrogen) atoms. The quantitative estimate of drug-likeness (QED) is 0.477. The lowest BCUT2D eigenvalue weighted by atomic mass is 10.2. The largest absolute Gasteiger partial charge is 0.451 e. The molecule has 12 heteroatoms. The Morgan fingerprint density at radius 1 is 1.24 bits per heavy atom. The number of benzene rings is 2. The van der Waals surface area contributed by atoms with E-state index in [1.807, 2.05) is 0 Å². The standard InChI is InChI=1S/C17H16ClF2N3O5S/c18-10-1-3-11(4-2-10)28-16-13(19)7-12(8-14(16)20)29(26,27)23-6-5-21-9-15(23)17(24)22-25/h1-4,7-8,15,21,25H,5-6,9H2,(H,22,24)/t15-/m0/s1. The number of rotatable bonds is 5. The summed E-state index contributed by atoms with van der Waals surface area (Å²) in [5.74, 6) is -4.13. The van der Waals surface area contributed by atoms with E-state index in [9.17, 15) is 22.0 Å². The predicted molar refractivity (Wildman–Crippen MR) is 98.4 cm³/mol. The van der Waals surface area contributed by atoms with Crippen LogP contribution >= 0.6 is 11.6 Å². The number of ether oxygens (including phenoxy) is 1. The van der Waals surface area contributed by atoms with Crippen LogP contribution in [0.15, 0.2) is 41.3 Å². The first-order valence-electron chi connectivity index (χ1n) is 8.33. The van der Waals surface area contributed by atoms with Crippen molar-refractivity contribution in [1.29, 1.82) is 0 Å². The summed E-state index contributed by atoms with van der Waals surface area (Å²) in [6, 6.07) is 5.65. The molecule has 0 aromatic heterocycles. The highest BCUT2D eigenvalue weighted by molar-refractivity contribution is 7.89. The summed E-state index contributed by atoms with van der Waals surface area (Å²) in [4.78, 5) is 11.1. The zero-order chi connectivity index (χ0) is 21.2. The SMILES string of the molecule is O=C(NO)[C@@H]1CNCCN1S(=O)(=O)c1cc(F)c(Oc2ccc(Cl)cc2)c(F)c1. The zero-order valence-corrected chi connectivity index (χ0v) is 16.3. The number of hydrogen-bond donors (Lipinski definition) is 3. The first kappa shape index (κ1) is 21.4. The maximum atomic E-state index is 14.5. The molecule has 3 rings (SSSR count). The number of carbonyl (C=O) groups excluding carboxylic acids is 1. The van der Waals surface area contributed by atoms with E-state index in [-0.39, 0.29) is 25.4 Å². The summed E-state index contributed by atoms with van der Waals surface area (Å²) in [6.45, 7) is 0.0121. The summed E-state index contributed by atoms with van der Waals surface area (Å²) >= 11 is 5.74. The molecule has 0 spiro atoms. The lowest BCUT2D eigenvalue weighted by Gasteiger charge is -2.33. The molecule has 1 amide bonds. The van der Waals surface area contributed by atoms with Gasteiger partial charge in [-0.15, -0.1) is 0 Å². The molecule has 0 unspecified atom stereocenters. The number of piperazine rings is 1. The smallest absolute Gasteiger partial charge is 0.263 e. The van der Waals surface area contributed by atoms with Crippen molar-refractivity contribution in [1.82, 2.24) is 15.1 Å². The van der Waals surface area contributed by atoms with Crippen molar-refractivity contribution < 1.29 is 31.9 Å². The van der Waals surface area contributed by atoms with E-state index in [0.29, 0.717) is 17.2 Å². The van der Waals surface area contributed by atoms with E-state index >= 15 is 0 Å². The van der Waals surface area contributed by atoms with Crippen molar-refractivity contribution in [2.45, 2.75) is 10.9 Å². The summed E-state index contributed by atoms with van der Waals surface area (Å²) in [6.07, 6.45) is 0. The van der Waals surface area contributed by atoms with Gasteiger partial charge in [-0.2, -0.15) is 4.31 Å². The molecule has 0 radical (unpaired) electrons. The fourth-order valence-electron chi connectivity index (χ4n) is 2.81. The van der Waals surface area contributed by atoms with Crippen LogP contribution in [0.1, 0.15) is 0 Å². The first-order valence-corrected chi connectivity index (χ1v) is 10.1. The molecular weight excluding hydrogens is 432 g/mol. The van der Waals surface area contributed by atoms with Gasteiger partial charge in [0.05, 0.1) is 4.90 Å². The fourth-order valence-corrected chi connectivity index (χ4v) is 4.55. The van der Waals surface area contributed by atoms with Crippen molar-refractivity contribution in [2.24, 2.45) is 0 Å². The van der Waals surface area contributed by atoms with Gasteiger partial charge in [-0.25, -0.2) is 22.7 Å². The van der Waals surface area contributed by atoms with Gasteiger partial charge in [-0.3, -0.25) is 10.0 Å². The molecule has 1 fully saturated rings. The van der Waals surface area contributed by atoms with Gasteiger partial charge in [-0.1, -0.05) is 11.6 Å². The summed E-state index contributed by atoms with van der Waals surface area (Å²) in [7, 11) is -4.44. The maximum absolute atomic E-state index is 14.5. The number of carbonyl (C=O) groups is 1. The Bertz CT molecular complexity index is 997. The maximum Gasteiger partial charge on any atom is 0.263 e. The third-order valence-corrected chi connectivity index (χ3v) is 6.36. The average molecular weight is 448 g/mol. The molecule has 1 aliphatic rings. The van der Waals surface area contributed by atoms with Crippen LogP contribution in [0.25, 0.3) is 0 Å². The van der Waals surface area contributed by atoms with Crippen LogP contribution in [0.5, 0.6) is 11.5 Å². The van der Waals surface area contributed by atoms with E-state index < -0.39 is 44.3 Å². The molecule has 0 bridgehead atoms. The highest BCUT2D eigenvalue weighted by atomic mass is 35.5. The van der Waals surface area contributed by atoms with E-state index in [1.165, 1.54) is 29.7 Å². The van der Waals surface area contributed by atoms with Crippen molar-refractivity contribution in [2.75, 3.05) is 19.6 Å². The fraction of sp³-hybridized carbons (Fsp3) is 0.235. The van der Waals surface area contributed by atoms with Crippen molar-refractivity contribution in [3.63, 3.8) is 0 Å². The Morgan fingerprint density at radius 2 is 1.86 bits per heavy atom. The molecule has 156 valence electrons. The topological polar surface area (TPSA) is 108 Å². The molecule has 8 nitrogen and oxygen atoms in total. The van der Waals surface area contributed by atoms with Gasteiger partial charge in [0.25, 0.3) is 5.91 Å². The number of hydroxylamine groups is 1. The van der Waals surface area contributed by atoms with Gasteiger partial charge in [0.2, 0.25) is 10.0 Å². The molecule has 0 aliphatic carbocycles. The minimum absolute atomic E-state index is 0.0751. The highest BCUT2D eigenvalue weighted by Crippen LogP contribution is 2.32. The van der Waals surface area contributed by atoms with Crippen molar-refractivity contribution >= 4 is 27.5 Å². The number of nitrogens with zero attached hydrogens (tertiary/aromatic N) is 1. The van der Waals surface area contributed by atoms with Crippen LogP contribution in [0, 0.1) is 11.6 Å². The minimum Gasteiger partial charge on any atom is -0.451 e. The second-order valence-corrected chi connectivity index (χ2v) is 8.41. The Labute approximate surface area is 170 Å². The summed E-state index contributed by atoms with van der Waals surface area (Å²) in [5, 5.41) is 12.0. The van der Waals surface area contributed by atoms with Gasteiger partial charge < -0.3 is 10.1 Å². The average Bonchev–Trinajstić information content (AvgIpc) is 2.71. The lowest BCUT2D eigenvalue weighted by Crippen LogP contribution is -2.59. The van der Waals surface area contributed by atoms with Gasteiger partial charge in [-0.05, 0) is 36.4 Å². The van der Waals surface area contributed by atoms with Gasteiger partial charge >= 0.3 is 0 Å². The molecule has 1 atom stereocenters.